The zero-order valence-electron chi connectivity index (χ0n) is 16.7. The van der Waals surface area contributed by atoms with Gasteiger partial charge < -0.3 is 24.9 Å². The van der Waals surface area contributed by atoms with E-state index in [4.69, 9.17) is 14.3 Å². The molecule has 0 bridgehead atoms. The van der Waals surface area contributed by atoms with Crippen molar-refractivity contribution in [2.75, 3.05) is 7.11 Å². The number of rotatable bonds is 10. The van der Waals surface area contributed by atoms with E-state index in [0.29, 0.717) is 12.2 Å². The van der Waals surface area contributed by atoms with Gasteiger partial charge in [0.1, 0.15) is 11.8 Å². The molecule has 8 nitrogen and oxygen atoms in total. The first kappa shape index (κ1) is 22.0. The molecule has 1 heterocycles. The van der Waals surface area contributed by atoms with Gasteiger partial charge in [-0.25, -0.2) is 4.79 Å². The van der Waals surface area contributed by atoms with Crippen LogP contribution in [0.4, 0.5) is 4.79 Å². The van der Waals surface area contributed by atoms with Crippen molar-refractivity contribution in [3.63, 3.8) is 0 Å². The van der Waals surface area contributed by atoms with E-state index in [1.807, 2.05) is 13.8 Å². The van der Waals surface area contributed by atoms with Crippen molar-refractivity contribution in [2.24, 2.45) is 5.92 Å². The Bertz CT molecular complexity index is 814. The first-order chi connectivity index (χ1) is 13.8. The maximum Gasteiger partial charge on any atom is 0.405 e. The Morgan fingerprint density at radius 3 is 2.28 bits per heavy atom. The van der Waals surface area contributed by atoms with Gasteiger partial charge in [-0.2, -0.15) is 0 Å². The van der Waals surface area contributed by atoms with Gasteiger partial charge in [-0.15, -0.1) is 0 Å². The molecule has 0 aliphatic carbocycles. The third-order valence-corrected chi connectivity index (χ3v) is 4.32. The maximum absolute atomic E-state index is 12.8. The lowest BCUT2D eigenvalue weighted by atomic mass is 9.98. The van der Waals surface area contributed by atoms with Crippen molar-refractivity contribution in [1.82, 2.24) is 10.6 Å². The number of amides is 2. The zero-order valence-corrected chi connectivity index (χ0v) is 16.7. The van der Waals surface area contributed by atoms with Crippen molar-refractivity contribution in [3.8, 4) is 5.75 Å². The average molecular weight is 402 g/mol. The van der Waals surface area contributed by atoms with Crippen LogP contribution < -0.4 is 15.4 Å². The quantitative estimate of drug-likeness (QED) is 0.526. The van der Waals surface area contributed by atoms with E-state index < -0.39 is 24.1 Å². The molecule has 0 aliphatic rings. The number of hydrogen-bond donors (Lipinski definition) is 3. The minimum absolute atomic E-state index is 0.130. The average Bonchev–Trinajstić information content (AvgIpc) is 3.21. The van der Waals surface area contributed by atoms with Gasteiger partial charge in [0.15, 0.2) is 5.76 Å². The number of hydrogen-bond acceptors (Lipinski definition) is 5. The van der Waals surface area contributed by atoms with Crippen LogP contribution >= 0.6 is 0 Å². The second kappa shape index (κ2) is 10.3. The van der Waals surface area contributed by atoms with Crippen LogP contribution in [-0.2, 0) is 11.2 Å². The Balaban J connectivity index is 2.16. The molecule has 2 atom stereocenters. The predicted molar refractivity (Wildman–Crippen MR) is 106 cm³/mol. The lowest BCUT2D eigenvalue weighted by molar-refractivity contribution is -0.123. The molecule has 2 rings (SSSR count). The summed E-state index contributed by atoms with van der Waals surface area (Å²) in [6.45, 7) is 3.86. The fraction of sp³-hybridized carbons (Fsp3) is 0.381. The van der Waals surface area contributed by atoms with E-state index in [1.54, 1.807) is 37.4 Å². The first-order valence-electron chi connectivity index (χ1n) is 9.30. The van der Waals surface area contributed by atoms with Gasteiger partial charge in [0.05, 0.1) is 19.4 Å². The van der Waals surface area contributed by atoms with Crippen LogP contribution in [-0.4, -0.2) is 42.1 Å². The fourth-order valence-corrected chi connectivity index (χ4v) is 2.92. The molecular weight excluding hydrogens is 376 g/mol. The van der Waals surface area contributed by atoms with Gasteiger partial charge in [0, 0.05) is 6.42 Å². The van der Waals surface area contributed by atoms with Gasteiger partial charge in [0.25, 0.3) is 0 Å². The van der Waals surface area contributed by atoms with E-state index in [9.17, 15) is 14.4 Å². The van der Waals surface area contributed by atoms with E-state index in [2.05, 4.69) is 10.6 Å². The number of ketones is 1. The first-order valence-corrected chi connectivity index (χ1v) is 9.30. The SMILES string of the molecule is COc1ccc(CC(NC(=O)O)C(=O)NC(CC(C)C)C(=O)c2ccco2)cc1. The summed E-state index contributed by atoms with van der Waals surface area (Å²) >= 11 is 0. The molecule has 0 aliphatic heterocycles. The molecule has 29 heavy (non-hydrogen) atoms. The number of carbonyl (C=O) groups excluding carboxylic acids is 2. The van der Waals surface area contributed by atoms with Crippen molar-refractivity contribution < 1.29 is 28.6 Å². The number of carboxylic acid groups (broad SMARTS) is 1. The maximum atomic E-state index is 12.8. The molecule has 0 fully saturated rings. The highest BCUT2D eigenvalue weighted by Crippen LogP contribution is 2.15. The molecule has 3 N–H and O–H groups in total. The molecule has 0 saturated heterocycles. The van der Waals surface area contributed by atoms with Crippen LogP contribution in [0.3, 0.4) is 0 Å². The van der Waals surface area contributed by atoms with Gasteiger partial charge in [0.2, 0.25) is 11.7 Å². The van der Waals surface area contributed by atoms with Crippen LogP contribution in [0.25, 0.3) is 0 Å². The molecular formula is C21H26N2O6. The van der Waals surface area contributed by atoms with Gasteiger partial charge in [-0.3, -0.25) is 9.59 Å². The lowest BCUT2D eigenvalue weighted by Crippen LogP contribution is -2.52. The summed E-state index contributed by atoms with van der Waals surface area (Å²) in [5, 5.41) is 14.1. The summed E-state index contributed by atoms with van der Waals surface area (Å²) in [4.78, 5) is 36.7. The largest absolute Gasteiger partial charge is 0.497 e. The summed E-state index contributed by atoms with van der Waals surface area (Å²) in [5.41, 5.74) is 0.748. The Kier molecular flexibility index (Phi) is 7.82. The molecule has 2 aromatic rings. The minimum atomic E-state index is -1.32. The molecule has 0 spiro atoms. The van der Waals surface area contributed by atoms with Crippen molar-refractivity contribution in [2.45, 2.75) is 38.8 Å². The molecule has 1 aromatic heterocycles. The summed E-state index contributed by atoms with van der Waals surface area (Å²) in [5.74, 6) is 0.00636. The third-order valence-electron chi connectivity index (χ3n) is 4.32. The van der Waals surface area contributed by atoms with E-state index >= 15 is 0 Å². The number of carbonyl (C=O) groups is 3. The molecule has 2 unspecified atom stereocenters. The predicted octanol–water partition coefficient (Wildman–Crippen LogP) is 2.88. The van der Waals surface area contributed by atoms with E-state index in [-0.39, 0.29) is 23.9 Å². The topological polar surface area (TPSA) is 118 Å². The van der Waals surface area contributed by atoms with Crippen LogP contribution in [0, 0.1) is 5.92 Å². The Hall–Kier alpha value is -3.29. The van der Waals surface area contributed by atoms with Gasteiger partial charge >= 0.3 is 6.09 Å². The molecule has 1 aromatic carbocycles. The number of ether oxygens (including phenoxy) is 1. The second-order valence-electron chi connectivity index (χ2n) is 7.09. The summed E-state index contributed by atoms with van der Waals surface area (Å²) in [7, 11) is 1.54. The zero-order chi connectivity index (χ0) is 21.4. The monoisotopic (exact) mass is 402 g/mol. The van der Waals surface area contributed by atoms with E-state index in [0.717, 1.165) is 5.56 Å². The summed E-state index contributed by atoms with van der Waals surface area (Å²) < 4.78 is 10.3. The highest BCUT2D eigenvalue weighted by Gasteiger charge is 2.29. The molecule has 2 amide bonds. The second-order valence-corrected chi connectivity index (χ2v) is 7.09. The Labute approximate surface area is 169 Å². The smallest absolute Gasteiger partial charge is 0.405 e. The Morgan fingerprint density at radius 2 is 1.76 bits per heavy atom. The number of furan rings is 1. The summed E-state index contributed by atoms with van der Waals surface area (Å²) in [6, 6.07) is 8.22. The normalized spacial score (nSPS) is 12.8. The van der Waals surface area contributed by atoms with Crippen LogP contribution in [0.5, 0.6) is 5.75 Å². The van der Waals surface area contributed by atoms with Crippen LogP contribution in [0.1, 0.15) is 36.4 Å². The highest BCUT2D eigenvalue weighted by atomic mass is 16.5. The number of Topliss-reactive ketones (excluding diaryl/α,β-unsaturated/α-hetero) is 1. The highest BCUT2D eigenvalue weighted by molar-refractivity contribution is 6.00. The lowest BCUT2D eigenvalue weighted by Gasteiger charge is -2.23. The van der Waals surface area contributed by atoms with Crippen molar-refractivity contribution in [1.29, 1.82) is 0 Å². The minimum Gasteiger partial charge on any atom is -0.497 e. The molecule has 156 valence electrons. The summed E-state index contributed by atoms with van der Waals surface area (Å²) in [6.07, 6.45) is 0.593. The van der Waals surface area contributed by atoms with E-state index in [1.165, 1.54) is 12.3 Å². The molecule has 0 radical (unpaired) electrons. The van der Waals surface area contributed by atoms with Crippen LogP contribution in [0.2, 0.25) is 0 Å². The Morgan fingerprint density at radius 1 is 1.07 bits per heavy atom. The number of benzene rings is 1. The van der Waals surface area contributed by atoms with Crippen molar-refractivity contribution >= 4 is 17.8 Å². The molecule has 0 saturated carbocycles. The molecule has 8 heteroatoms. The van der Waals surface area contributed by atoms with Gasteiger partial charge in [-0.05, 0) is 42.2 Å². The number of methoxy groups -OCH3 is 1. The van der Waals surface area contributed by atoms with Crippen LogP contribution in [0.15, 0.2) is 47.1 Å². The standard InChI is InChI=1S/C21H26N2O6/c1-13(2)11-16(19(24)18-5-4-10-29-18)22-20(25)17(23-21(26)27)12-14-6-8-15(28-3)9-7-14/h4-10,13,16-17,23H,11-12H2,1-3H3,(H,22,25)(H,26,27). The number of nitrogens with one attached hydrogen (secondary N) is 2. The van der Waals surface area contributed by atoms with Crippen molar-refractivity contribution in [3.05, 3.63) is 54.0 Å². The fourth-order valence-electron chi connectivity index (χ4n) is 2.92. The van der Waals surface area contributed by atoms with Gasteiger partial charge in [-0.1, -0.05) is 26.0 Å². The third kappa shape index (κ3) is 6.67.